The highest BCUT2D eigenvalue weighted by Crippen LogP contribution is 2.26. The molecule has 1 saturated heterocycles. The van der Waals surface area contributed by atoms with Crippen LogP contribution in [0.1, 0.15) is 25.1 Å². The zero-order valence-electron chi connectivity index (χ0n) is 12.4. The molecule has 2 rings (SSSR count). The van der Waals surface area contributed by atoms with Crippen LogP contribution in [0.15, 0.2) is 18.2 Å². The van der Waals surface area contributed by atoms with Gasteiger partial charge in [-0.2, -0.15) is 0 Å². The lowest BCUT2D eigenvalue weighted by Crippen LogP contribution is -2.31. The standard InChI is InChI=1S/C15H21FN2O3/c1-3-21-8-4-7-18-14(19)10-17-15(18)11-5-6-13(20-2)12(16)9-11/h5-6,9,15,17H,3-4,7-8,10H2,1-2H3. The number of rotatable bonds is 7. The molecule has 21 heavy (non-hydrogen) atoms. The molecular weight excluding hydrogens is 275 g/mol. The third kappa shape index (κ3) is 3.71. The molecule has 0 aliphatic carbocycles. The largest absolute Gasteiger partial charge is 0.494 e. The Labute approximate surface area is 124 Å². The summed E-state index contributed by atoms with van der Waals surface area (Å²) in [6, 6.07) is 4.76. The molecule has 0 aromatic heterocycles. The molecule has 0 radical (unpaired) electrons. The number of benzene rings is 1. The number of hydrogen-bond acceptors (Lipinski definition) is 4. The second-order valence-electron chi connectivity index (χ2n) is 4.82. The Morgan fingerprint density at radius 1 is 1.48 bits per heavy atom. The lowest BCUT2D eigenvalue weighted by molar-refractivity contribution is -0.128. The summed E-state index contributed by atoms with van der Waals surface area (Å²) >= 11 is 0. The molecule has 1 aromatic rings. The topological polar surface area (TPSA) is 50.8 Å². The number of ether oxygens (including phenoxy) is 2. The molecule has 5 nitrogen and oxygen atoms in total. The van der Waals surface area contributed by atoms with E-state index in [1.54, 1.807) is 17.0 Å². The molecule has 1 unspecified atom stereocenters. The van der Waals surface area contributed by atoms with Crippen LogP contribution < -0.4 is 10.1 Å². The van der Waals surface area contributed by atoms with Gasteiger partial charge in [0.25, 0.3) is 0 Å². The lowest BCUT2D eigenvalue weighted by atomic mass is 10.1. The van der Waals surface area contributed by atoms with E-state index in [0.717, 1.165) is 12.0 Å². The number of amides is 1. The summed E-state index contributed by atoms with van der Waals surface area (Å²) in [6.07, 6.45) is 0.468. The van der Waals surface area contributed by atoms with Crippen molar-refractivity contribution in [2.24, 2.45) is 0 Å². The quantitative estimate of drug-likeness (QED) is 0.778. The SMILES string of the molecule is CCOCCCN1C(=O)CNC1c1ccc(OC)c(F)c1. The normalized spacial score (nSPS) is 18.3. The highest BCUT2D eigenvalue weighted by atomic mass is 19.1. The van der Waals surface area contributed by atoms with Crippen LogP contribution in [0.5, 0.6) is 5.75 Å². The van der Waals surface area contributed by atoms with E-state index in [0.29, 0.717) is 19.8 Å². The van der Waals surface area contributed by atoms with Crippen molar-refractivity contribution in [1.29, 1.82) is 0 Å². The van der Waals surface area contributed by atoms with Gasteiger partial charge in [-0.25, -0.2) is 4.39 Å². The molecule has 1 atom stereocenters. The van der Waals surface area contributed by atoms with Crippen molar-refractivity contribution in [2.75, 3.05) is 33.4 Å². The first kappa shape index (κ1) is 15.7. The van der Waals surface area contributed by atoms with Crippen molar-refractivity contribution in [2.45, 2.75) is 19.5 Å². The minimum Gasteiger partial charge on any atom is -0.494 e. The monoisotopic (exact) mass is 296 g/mol. The fourth-order valence-corrected chi connectivity index (χ4v) is 2.43. The average molecular weight is 296 g/mol. The average Bonchev–Trinajstić information content (AvgIpc) is 2.85. The van der Waals surface area contributed by atoms with Crippen molar-refractivity contribution in [3.63, 3.8) is 0 Å². The van der Waals surface area contributed by atoms with Gasteiger partial charge in [-0.15, -0.1) is 0 Å². The number of halogens is 1. The van der Waals surface area contributed by atoms with Crippen molar-refractivity contribution in [3.8, 4) is 5.75 Å². The van der Waals surface area contributed by atoms with E-state index in [1.807, 2.05) is 6.92 Å². The Hall–Kier alpha value is -1.66. The first-order valence-electron chi connectivity index (χ1n) is 7.11. The molecule has 1 fully saturated rings. The molecule has 1 aliphatic rings. The second-order valence-corrected chi connectivity index (χ2v) is 4.82. The summed E-state index contributed by atoms with van der Waals surface area (Å²) in [5, 5.41) is 3.11. The predicted molar refractivity (Wildman–Crippen MR) is 76.5 cm³/mol. The van der Waals surface area contributed by atoms with E-state index in [9.17, 15) is 9.18 Å². The van der Waals surface area contributed by atoms with E-state index in [1.165, 1.54) is 13.2 Å². The van der Waals surface area contributed by atoms with Gasteiger partial charge in [0.1, 0.15) is 6.17 Å². The van der Waals surface area contributed by atoms with Gasteiger partial charge in [0.2, 0.25) is 5.91 Å². The zero-order valence-corrected chi connectivity index (χ0v) is 12.4. The van der Waals surface area contributed by atoms with Crippen molar-refractivity contribution >= 4 is 5.91 Å². The molecule has 1 amide bonds. The fourth-order valence-electron chi connectivity index (χ4n) is 2.43. The molecule has 116 valence electrons. The fraction of sp³-hybridized carbons (Fsp3) is 0.533. The van der Waals surface area contributed by atoms with Crippen LogP contribution in [-0.4, -0.2) is 44.2 Å². The maximum atomic E-state index is 13.8. The lowest BCUT2D eigenvalue weighted by Gasteiger charge is -2.25. The van der Waals surface area contributed by atoms with Crippen LogP contribution in [0.4, 0.5) is 4.39 Å². The third-order valence-corrected chi connectivity index (χ3v) is 3.46. The highest BCUT2D eigenvalue weighted by Gasteiger charge is 2.31. The summed E-state index contributed by atoms with van der Waals surface area (Å²) < 4.78 is 24.0. The number of methoxy groups -OCH3 is 1. The minimum absolute atomic E-state index is 0.0210. The molecule has 1 aliphatic heterocycles. The Kier molecular flexibility index (Phi) is 5.52. The third-order valence-electron chi connectivity index (χ3n) is 3.46. The highest BCUT2D eigenvalue weighted by molar-refractivity contribution is 5.80. The number of nitrogens with zero attached hydrogens (tertiary/aromatic N) is 1. The molecule has 0 saturated carbocycles. The summed E-state index contributed by atoms with van der Waals surface area (Å²) in [4.78, 5) is 13.7. The van der Waals surface area contributed by atoms with Crippen molar-refractivity contribution < 1.29 is 18.7 Å². The Balaban J connectivity index is 2.06. The van der Waals surface area contributed by atoms with Gasteiger partial charge in [-0.3, -0.25) is 10.1 Å². The predicted octanol–water partition coefficient (Wildman–Crippen LogP) is 1.69. The molecule has 0 bridgehead atoms. The summed E-state index contributed by atoms with van der Waals surface area (Å²) in [5.41, 5.74) is 0.718. The van der Waals surface area contributed by atoms with E-state index in [2.05, 4.69) is 5.32 Å². The molecule has 1 heterocycles. The van der Waals surface area contributed by atoms with Gasteiger partial charge in [-0.05, 0) is 31.0 Å². The maximum absolute atomic E-state index is 13.8. The van der Waals surface area contributed by atoms with Crippen LogP contribution in [-0.2, 0) is 9.53 Å². The second kappa shape index (κ2) is 7.38. The smallest absolute Gasteiger partial charge is 0.238 e. The molecule has 1 aromatic carbocycles. The van der Waals surface area contributed by atoms with Crippen LogP contribution in [0.25, 0.3) is 0 Å². The van der Waals surface area contributed by atoms with Gasteiger partial charge >= 0.3 is 0 Å². The van der Waals surface area contributed by atoms with E-state index < -0.39 is 5.82 Å². The molecular formula is C15H21FN2O3. The first-order valence-corrected chi connectivity index (χ1v) is 7.11. The minimum atomic E-state index is -0.426. The van der Waals surface area contributed by atoms with E-state index >= 15 is 0 Å². The maximum Gasteiger partial charge on any atom is 0.238 e. The van der Waals surface area contributed by atoms with Gasteiger partial charge < -0.3 is 14.4 Å². The van der Waals surface area contributed by atoms with E-state index in [4.69, 9.17) is 9.47 Å². The van der Waals surface area contributed by atoms with Crippen LogP contribution >= 0.6 is 0 Å². The Bertz CT molecular complexity index is 496. The van der Waals surface area contributed by atoms with Crippen molar-refractivity contribution in [3.05, 3.63) is 29.6 Å². The zero-order chi connectivity index (χ0) is 15.2. The van der Waals surface area contributed by atoms with Crippen LogP contribution in [0.3, 0.4) is 0 Å². The summed E-state index contributed by atoms with van der Waals surface area (Å²) in [6.45, 7) is 4.08. The molecule has 6 heteroatoms. The number of nitrogens with one attached hydrogen (secondary N) is 1. The van der Waals surface area contributed by atoms with Crippen LogP contribution in [0.2, 0.25) is 0 Å². The summed E-state index contributed by atoms with van der Waals surface area (Å²) in [5.74, 6) is -0.205. The number of hydrogen-bond donors (Lipinski definition) is 1. The van der Waals surface area contributed by atoms with Gasteiger partial charge in [0.05, 0.1) is 13.7 Å². The number of carbonyl (C=O) groups is 1. The molecule has 0 spiro atoms. The van der Waals surface area contributed by atoms with Crippen molar-refractivity contribution in [1.82, 2.24) is 10.2 Å². The van der Waals surface area contributed by atoms with E-state index in [-0.39, 0.29) is 24.4 Å². The van der Waals surface area contributed by atoms with Gasteiger partial charge in [0, 0.05) is 19.8 Å². The first-order chi connectivity index (χ1) is 10.2. The summed E-state index contributed by atoms with van der Waals surface area (Å²) in [7, 11) is 1.43. The van der Waals surface area contributed by atoms with Gasteiger partial charge in [0.15, 0.2) is 11.6 Å². The molecule has 1 N–H and O–H groups in total. The van der Waals surface area contributed by atoms with Crippen LogP contribution in [0, 0.1) is 5.82 Å². The van der Waals surface area contributed by atoms with Gasteiger partial charge in [-0.1, -0.05) is 6.07 Å². The Morgan fingerprint density at radius 2 is 2.29 bits per heavy atom. The number of carbonyl (C=O) groups excluding carboxylic acids is 1. The Morgan fingerprint density at radius 3 is 2.95 bits per heavy atom.